The van der Waals surface area contributed by atoms with Crippen molar-refractivity contribution in [1.29, 1.82) is 0 Å². The lowest BCUT2D eigenvalue weighted by Gasteiger charge is -2.15. The molecule has 0 unspecified atom stereocenters. The summed E-state index contributed by atoms with van der Waals surface area (Å²) in [6, 6.07) is 11.4. The van der Waals surface area contributed by atoms with Crippen molar-refractivity contribution in [2.24, 2.45) is 0 Å². The molecule has 1 aliphatic heterocycles. The minimum absolute atomic E-state index is 0.258. The van der Waals surface area contributed by atoms with Gasteiger partial charge in [-0.2, -0.15) is 4.31 Å². The van der Waals surface area contributed by atoms with Crippen LogP contribution in [0.4, 0.5) is 11.5 Å². The molecule has 2 heterocycles. The summed E-state index contributed by atoms with van der Waals surface area (Å²) in [5.41, 5.74) is 2.20. The lowest BCUT2D eigenvalue weighted by molar-refractivity contribution is 0.477. The van der Waals surface area contributed by atoms with E-state index < -0.39 is 10.0 Å². The normalized spacial score (nSPS) is 15.7. The van der Waals surface area contributed by atoms with Crippen molar-refractivity contribution in [3.05, 3.63) is 48.2 Å². The van der Waals surface area contributed by atoms with Gasteiger partial charge in [-0.1, -0.05) is 25.1 Å². The molecule has 5 nitrogen and oxygen atoms in total. The molecule has 0 saturated carbocycles. The molecule has 6 heteroatoms. The van der Waals surface area contributed by atoms with Crippen LogP contribution in [0.2, 0.25) is 0 Å². The number of pyridine rings is 1. The number of nitrogens with one attached hydrogen (secondary N) is 1. The second-order valence-electron chi connectivity index (χ2n) is 5.63. The smallest absolute Gasteiger partial charge is 0.244 e. The van der Waals surface area contributed by atoms with E-state index in [1.165, 1.54) is 16.1 Å². The number of anilines is 2. The fourth-order valence-corrected chi connectivity index (χ4v) is 4.24. The first-order valence-electron chi connectivity index (χ1n) is 7.92. The van der Waals surface area contributed by atoms with E-state index in [-0.39, 0.29) is 4.90 Å². The summed E-state index contributed by atoms with van der Waals surface area (Å²) in [5.74, 6) is 0.645. The molecule has 3 rings (SSSR count). The molecule has 1 N–H and O–H groups in total. The van der Waals surface area contributed by atoms with Crippen LogP contribution in [-0.2, 0) is 16.4 Å². The zero-order valence-electron chi connectivity index (χ0n) is 13.2. The zero-order chi connectivity index (χ0) is 16.3. The Morgan fingerprint density at radius 3 is 2.52 bits per heavy atom. The van der Waals surface area contributed by atoms with Gasteiger partial charge in [-0.05, 0) is 43.0 Å². The lowest BCUT2D eigenvalue weighted by Crippen LogP contribution is -2.27. The third-order valence-electron chi connectivity index (χ3n) is 4.10. The number of nitrogens with zero attached hydrogens (tertiary/aromatic N) is 2. The van der Waals surface area contributed by atoms with Crippen LogP contribution in [0.3, 0.4) is 0 Å². The van der Waals surface area contributed by atoms with E-state index in [0.29, 0.717) is 18.9 Å². The molecule has 1 saturated heterocycles. The Balaban J connectivity index is 1.79. The van der Waals surface area contributed by atoms with Gasteiger partial charge in [0.1, 0.15) is 10.7 Å². The maximum atomic E-state index is 12.5. The van der Waals surface area contributed by atoms with E-state index in [1.54, 1.807) is 12.1 Å². The number of benzene rings is 1. The second-order valence-corrected chi connectivity index (χ2v) is 7.56. The molecule has 0 aliphatic carbocycles. The third-order valence-corrected chi connectivity index (χ3v) is 5.98. The maximum absolute atomic E-state index is 12.5. The van der Waals surface area contributed by atoms with Crippen molar-refractivity contribution >= 4 is 21.5 Å². The highest BCUT2D eigenvalue weighted by Crippen LogP contribution is 2.23. The van der Waals surface area contributed by atoms with E-state index in [0.717, 1.165) is 24.9 Å². The molecule has 0 radical (unpaired) electrons. The highest BCUT2D eigenvalue weighted by Gasteiger charge is 2.27. The quantitative estimate of drug-likeness (QED) is 0.914. The fraction of sp³-hybridized carbons (Fsp3) is 0.353. The molecular weight excluding hydrogens is 310 g/mol. The van der Waals surface area contributed by atoms with Gasteiger partial charge in [0.05, 0.1) is 0 Å². The van der Waals surface area contributed by atoms with E-state index in [1.807, 2.05) is 18.2 Å². The second kappa shape index (κ2) is 6.68. The summed E-state index contributed by atoms with van der Waals surface area (Å²) in [6.07, 6.45) is 4.22. The molecule has 0 spiro atoms. The molecule has 0 atom stereocenters. The predicted molar refractivity (Wildman–Crippen MR) is 91.3 cm³/mol. The maximum Gasteiger partial charge on any atom is 0.244 e. The van der Waals surface area contributed by atoms with Gasteiger partial charge in [-0.15, -0.1) is 0 Å². The van der Waals surface area contributed by atoms with Crippen LogP contribution in [0.1, 0.15) is 25.3 Å². The highest BCUT2D eigenvalue weighted by molar-refractivity contribution is 7.89. The largest absolute Gasteiger partial charge is 0.340 e. The first-order chi connectivity index (χ1) is 11.1. The monoisotopic (exact) mass is 331 g/mol. The first kappa shape index (κ1) is 16.0. The average Bonchev–Trinajstić information content (AvgIpc) is 3.11. The molecular formula is C17H21N3O2S. The summed E-state index contributed by atoms with van der Waals surface area (Å²) < 4.78 is 26.5. The highest BCUT2D eigenvalue weighted by atomic mass is 32.2. The van der Waals surface area contributed by atoms with Crippen molar-refractivity contribution in [2.75, 3.05) is 18.4 Å². The number of aryl methyl sites for hydroxylation is 1. The molecule has 23 heavy (non-hydrogen) atoms. The lowest BCUT2D eigenvalue weighted by atomic mass is 10.1. The van der Waals surface area contributed by atoms with E-state index in [4.69, 9.17) is 0 Å². The number of para-hydroxylation sites is 1. The Morgan fingerprint density at radius 2 is 1.87 bits per heavy atom. The minimum Gasteiger partial charge on any atom is -0.340 e. The van der Waals surface area contributed by atoms with Gasteiger partial charge in [-0.25, -0.2) is 13.4 Å². The van der Waals surface area contributed by atoms with E-state index in [2.05, 4.69) is 23.3 Å². The molecule has 0 bridgehead atoms. The van der Waals surface area contributed by atoms with Gasteiger partial charge in [0.25, 0.3) is 0 Å². The number of sulfonamides is 1. The van der Waals surface area contributed by atoms with Crippen LogP contribution >= 0.6 is 0 Å². The molecule has 2 aromatic rings. The van der Waals surface area contributed by atoms with Gasteiger partial charge in [0.15, 0.2) is 0 Å². The van der Waals surface area contributed by atoms with Crippen LogP contribution in [0.15, 0.2) is 47.5 Å². The van der Waals surface area contributed by atoms with Gasteiger partial charge in [0.2, 0.25) is 10.0 Å². The topological polar surface area (TPSA) is 62.3 Å². The number of aromatic nitrogens is 1. The number of hydrogen-bond donors (Lipinski definition) is 1. The fourth-order valence-electron chi connectivity index (χ4n) is 2.77. The van der Waals surface area contributed by atoms with Gasteiger partial charge in [0, 0.05) is 25.0 Å². The van der Waals surface area contributed by atoms with Crippen molar-refractivity contribution in [3.8, 4) is 0 Å². The third kappa shape index (κ3) is 3.38. The Kier molecular flexibility index (Phi) is 4.63. The summed E-state index contributed by atoms with van der Waals surface area (Å²) in [7, 11) is -3.40. The summed E-state index contributed by atoms with van der Waals surface area (Å²) in [6.45, 7) is 3.30. The number of hydrogen-bond acceptors (Lipinski definition) is 4. The van der Waals surface area contributed by atoms with Crippen LogP contribution in [0, 0.1) is 0 Å². The Labute approximate surface area is 137 Å². The Bertz CT molecular complexity index is 767. The van der Waals surface area contributed by atoms with Crippen LogP contribution in [-0.4, -0.2) is 30.8 Å². The van der Waals surface area contributed by atoms with Crippen LogP contribution < -0.4 is 5.32 Å². The summed E-state index contributed by atoms with van der Waals surface area (Å²) in [5, 5.41) is 3.25. The summed E-state index contributed by atoms with van der Waals surface area (Å²) in [4.78, 5) is 4.53. The molecule has 1 aliphatic rings. The Hall–Kier alpha value is -1.92. The van der Waals surface area contributed by atoms with Crippen molar-refractivity contribution < 1.29 is 8.42 Å². The first-order valence-corrected chi connectivity index (χ1v) is 9.36. The SMILES string of the molecule is CCc1ccccc1Nc1ccc(S(=O)(=O)N2CCCC2)cn1. The summed E-state index contributed by atoms with van der Waals surface area (Å²) >= 11 is 0. The van der Waals surface area contributed by atoms with Gasteiger partial charge in [-0.3, -0.25) is 0 Å². The van der Waals surface area contributed by atoms with Crippen LogP contribution in [0.25, 0.3) is 0 Å². The zero-order valence-corrected chi connectivity index (χ0v) is 14.0. The molecule has 0 amide bonds. The molecule has 1 aromatic heterocycles. The van der Waals surface area contributed by atoms with Crippen LogP contribution in [0.5, 0.6) is 0 Å². The van der Waals surface area contributed by atoms with Gasteiger partial charge >= 0.3 is 0 Å². The van der Waals surface area contributed by atoms with Crippen molar-refractivity contribution in [3.63, 3.8) is 0 Å². The average molecular weight is 331 g/mol. The molecule has 1 aromatic carbocycles. The van der Waals surface area contributed by atoms with Crippen molar-refractivity contribution in [2.45, 2.75) is 31.1 Å². The Morgan fingerprint density at radius 1 is 1.13 bits per heavy atom. The van der Waals surface area contributed by atoms with Crippen molar-refractivity contribution in [1.82, 2.24) is 9.29 Å². The minimum atomic E-state index is -3.40. The molecule has 1 fully saturated rings. The standard InChI is InChI=1S/C17H21N3O2S/c1-2-14-7-3-4-8-16(14)19-17-10-9-15(13-18-17)23(21,22)20-11-5-6-12-20/h3-4,7-10,13H,2,5-6,11-12H2,1H3,(H,18,19). The van der Waals surface area contributed by atoms with E-state index in [9.17, 15) is 8.42 Å². The van der Waals surface area contributed by atoms with Gasteiger partial charge < -0.3 is 5.32 Å². The van der Waals surface area contributed by atoms with E-state index >= 15 is 0 Å². The predicted octanol–water partition coefficient (Wildman–Crippen LogP) is 3.17. The number of rotatable bonds is 5. The molecule has 122 valence electrons.